The van der Waals surface area contributed by atoms with Gasteiger partial charge in [0.2, 0.25) is 0 Å². The summed E-state index contributed by atoms with van der Waals surface area (Å²) in [5.41, 5.74) is -1.31. The van der Waals surface area contributed by atoms with Gasteiger partial charge >= 0.3 is 11.9 Å². The van der Waals surface area contributed by atoms with Gasteiger partial charge in [-0.1, -0.05) is 0 Å². The van der Waals surface area contributed by atoms with E-state index in [1.54, 1.807) is 0 Å². The molecule has 0 spiro atoms. The Balaban J connectivity index is 4.21. The molecule has 7 heteroatoms. The van der Waals surface area contributed by atoms with Gasteiger partial charge in [-0.25, -0.2) is 9.59 Å². The monoisotopic (exact) mass is 234 g/mol. The van der Waals surface area contributed by atoms with Crippen molar-refractivity contribution in [1.29, 1.82) is 0 Å². The van der Waals surface area contributed by atoms with Crippen LogP contribution in [-0.4, -0.2) is 58.8 Å². The molecule has 0 aromatic rings. The summed E-state index contributed by atoms with van der Waals surface area (Å²) >= 11 is 0. The minimum atomic E-state index is -1.31. The van der Waals surface area contributed by atoms with E-state index in [1.807, 2.05) is 0 Å². The summed E-state index contributed by atoms with van der Waals surface area (Å²) in [5.74, 6) is -2.23. The zero-order valence-corrected chi connectivity index (χ0v) is 8.50. The molecule has 0 atom stereocenters. The lowest BCUT2D eigenvalue weighted by atomic mass is 9.93. The highest BCUT2D eigenvalue weighted by molar-refractivity contribution is 5.90. The molecule has 0 saturated carbocycles. The summed E-state index contributed by atoms with van der Waals surface area (Å²) in [5, 5.41) is 34.9. The summed E-state index contributed by atoms with van der Waals surface area (Å²) < 4.78 is 4.56. The van der Waals surface area contributed by atoms with Crippen LogP contribution < -0.4 is 0 Å². The van der Waals surface area contributed by atoms with E-state index < -0.39 is 43.8 Å². The van der Waals surface area contributed by atoms with Crippen LogP contribution in [0.3, 0.4) is 0 Å². The number of carbonyl (C=O) groups is 2. The van der Waals surface area contributed by atoms with Crippen molar-refractivity contribution in [2.75, 3.05) is 26.4 Å². The second-order valence-corrected chi connectivity index (χ2v) is 3.25. The van der Waals surface area contributed by atoms with Crippen LogP contribution in [0.25, 0.3) is 0 Å². The van der Waals surface area contributed by atoms with E-state index in [1.165, 1.54) is 0 Å². The molecule has 0 aliphatic heterocycles. The van der Waals surface area contributed by atoms with Crippen molar-refractivity contribution in [2.45, 2.75) is 0 Å². The molecular formula is C9H14O7. The highest BCUT2D eigenvalue weighted by Crippen LogP contribution is 2.14. The number of rotatable bonds is 7. The van der Waals surface area contributed by atoms with Crippen molar-refractivity contribution >= 4 is 11.9 Å². The Morgan fingerprint density at radius 2 is 1.56 bits per heavy atom. The molecule has 0 rings (SSSR count). The Morgan fingerprint density at radius 3 is 1.94 bits per heavy atom. The maximum Gasteiger partial charge on any atom is 0.331 e. The summed E-state index contributed by atoms with van der Waals surface area (Å²) in [6.45, 7) is -2.08. The van der Waals surface area contributed by atoms with Crippen LogP contribution in [0.2, 0.25) is 0 Å². The normalized spacial score (nSPS) is 11.7. The molecule has 16 heavy (non-hydrogen) atoms. The first-order valence-electron chi connectivity index (χ1n) is 4.40. The fraction of sp³-hybridized carbons (Fsp3) is 0.556. The van der Waals surface area contributed by atoms with Gasteiger partial charge in [0.05, 0.1) is 25.2 Å². The quantitative estimate of drug-likeness (QED) is 0.300. The van der Waals surface area contributed by atoms with E-state index in [-0.39, 0.29) is 0 Å². The van der Waals surface area contributed by atoms with Crippen molar-refractivity contribution in [3.63, 3.8) is 0 Å². The second kappa shape index (κ2) is 6.94. The van der Waals surface area contributed by atoms with E-state index in [0.717, 1.165) is 0 Å². The Hall–Kier alpha value is -1.44. The second-order valence-electron chi connectivity index (χ2n) is 3.25. The topological polar surface area (TPSA) is 124 Å². The zero-order valence-electron chi connectivity index (χ0n) is 8.50. The molecule has 0 radical (unpaired) electrons. The Morgan fingerprint density at radius 1 is 1.06 bits per heavy atom. The van der Waals surface area contributed by atoms with E-state index >= 15 is 0 Å². The highest BCUT2D eigenvalue weighted by Gasteiger charge is 2.29. The molecule has 0 aromatic heterocycles. The summed E-state index contributed by atoms with van der Waals surface area (Å²) in [6, 6.07) is 0. The fourth-order valence-electron chi connectivity index (χ4n) is 0.699. The number of aliphatic carboxylic acids is 1. The number of carboxylic acids is 1. The molecule has 0 amide bonds. The third kappa shape index (κ3) is 4.87. The van der Waals surface area contributed by atoms with Gasteiger partial charge in [-0.05, 0) is 0 Å². The SMILES string of the molecule is O=C(O)C=CC(=O)OCC(CO)(CO)CO. The van der Waals surface area contributed by atoms with E-state index in [4.69, 9.17) is 20.4 Å². The van der Waals surface area contributed by atoms with Gasteiger partial charge in [0.15, 0.2) is 0 Å². The van der Waals surface area contributed by atoms with Gasteiger partial charge in [-0.3, -0.25) is 0 Å². The number of carbonyl (C=O) groups excluding carboxylic acids is 1. The lowest BCUT2D eigenvalue weighted by molar-refractivity contribution is -0.146. The first-order valence-corrected chi connectivity index (χ1v) is 4.40. The minimum absolute atomic E-state index is 0.403. The van der Waals surface area contributed by atoms with Crippen LogP contribution in [0.5, 0.6) is 0 Å². The number of ether oxygens (including phenoxy) is 1. The predicted molar refractivity (Wildman–Crippen MR) is 51.4 cm³/mol. The van der Waals surface area contributed by atoms with Gasteiger partial charge in [0.25, 0.3) is 0 Å². The number of hydrogen-bond acceptors (Lipinski definition) is 6. The average molecular weight is 234 g/mol. The summed E-state index contributed by atoms with van der Waals surface area (Å²) in [6.07, 6.45) is 1.29. The smallest absolute Gasteiger partial charge is 0.331 e. The maximum absolute atomic E-state index is 10.9. The Bertz CT molecular complexity index is 259. The van der Waals surface area contributed by atoms with Crippen LogP contribution in [0.4, 0.5) is 0 Å². The third-order valence-corrected chi connectivity index (χ3v) is 1.89. The number of esters is 1. The van der Waals surface area contributed by atoms with Gasteiger partial charge in [-0.2, -0.15) is 0 Å². The molecule has 0 bridgehead atoms. The highest BCUT2D eigenvalue weighted by atomic mass is 16.5. The lowest BCUT2D eigenvalue weighted by Crippen LogP contribution is -2.39. The molecule has 92 valence electrons. The molecule has 0 aliphatic carbocycles. The summed E-state index contributed by atoms with van der Waals surface area (Å²) in [7, 11) is 0. The predicted octanol–water partition coefficient (Wildman–Crippen LogP) is -1.87. The third-order valence-electron chi connectivity index (χ3n) is 1.89. The van der Waals surface area contributed by atoms with Gasteiger partial charge in [0.1, 0.15) is 6.61 Å². The standard InChI is InChI=1S/C9H14O7/c10-3-9(4-11,5-12)6-16-8(15)2-1-7(13)14/h1-2,10-12H,3-6H2,(H,13,14). The Labute approximate surface area is 91.6 Å². The molecule has 0 heterocycles. The van der Waals surface area contributed by atoms with E-state index in [9.17, 15) is 9.59 Å². The number of aliphatic hydroxyl groups excluding tert-OH is 3. The largest absolute Gasteiger partial charge is 0.478 e. The van der Waals surface area contributed by atoms with Crippen molar-refractivity contribution < 1.29 is 34.8 Å². The van der Waals surface area contributed by atoms with Crippen molar-refractivity contribution in [3.8, 4) is 0 Å². The van der Waals surface area contributed by atoms with Crippen molar-refractivity contribution in [1.82, 2.24) is 0 Å². The molecule has 0 fully saturated rings. The molecule has 0 aliphatic rings. The summed E-state index contributed by atoms with van der Waals surface area (Å²) in [4.78, 5) is 21.0. The fourth-order valence-corrected chi connectivity index (χ4v) is 0.699. The van der Waals surface area contributed by atoms with Gasteiger partial charge in [-0.15, -0.1) is 0 Å². The van der Waals surface area contributed by atoms with Crippen molar-refractivity contribution in [2.24, 2.45) is 5.41 Å². The molecule has 7 nitrogen and oxygen atoms in total. The first-order chi connectivity index (χ1) is 7.49. The molecule has 0 saturated heterocycles. The molecular weight excluding hydrogens is 220 g/mol. The molecule has 0 unspecified atom stereocenters. The lowest BCUT2D eigenvalue weighted by Gasteiger charge is -2.26. The minimum Gasteiger partial charge on any atom is -0.478 e. The van der Waals surface area contributed by atoms with Crippen LogP contribution >= 0.6 is 0 Å². The average Bonchev–Trinajstić information content (AvgIpc) is 2.29. The van der Waals surface area contributed by atoms with Crippen LogP contribution in [0, 0.1) is 5.41 Å². The Kier molecular flexibility index (Phi) is 6.31. The van der Waals surface area contributed by atoms with Gasteiger partial charge in [0, 0.05) is 12.2 Å². The first kappa shape index (κ1) is 14.6. The number of hydrogen-bond donors (Lipinski definition) is 4. The van der Waals surface area contributed by atoms with E-state index in [2.05, 4.69) is 4.74 Å². The van der Waals surface area contributed by atoms with Crippen LogP contribution in [0.1, 0.15) is 0 Å². The zero-order chi connectivity index (χ0) is 12.6. The van der Waals surface area contributed by atoms with E-state index in [0.29, 0.717) is 12.2 Å². The van der Waals surface area contributed by atoms with Crippen LogP contribution in [-0.2, 0) is 14.3 Å². The molecule has 4 N–H and O–H groups in total. The van der Waals surface area contributed by atoms with Crippen molar-refractivity contribution in [3.05, 3.63) is 12.2 Å². The maximum atomic E-state index is 10.9. The van der Waals surface area contributed by atoms with Gasteiger partial charge < -0.3 is 25.2 Å². The molecule has 0 aromatic carbocycles. The number of aliphatic hydroxyl groups is 3. The van der Waals surface area contributed by atoms with Crippen LogP contribution in [0.15, 0.2) is 12.2 Å². The number of carboxylic acid groups (broad SMARTS) is 1.